The number of nitrogens with zero attached hydrogens (tertiary/aromatic N) is 2. The van der Waals surface area contributed by atoms with Crippen LogP contribution < -0.4 is 5.32 Å². The summed E-state index contributed by atoms with van der Waals surface area (Å²) >= 11 is 0. The van der Waals surface area contributed by atoms with Crippen molar-refractivity contribution in [2.24, 2.45) is 0 Å². The fourth-order valence-electron chi connectivity index (χ4n) is 2.67. The highest BCUT2D eigenvalue weighted by Gasteiger charge is 2.05. The van der Waals surface area contributed by atoms with E-state index in [1.807, 2.05) is 0 Å². The van der Waals surface area contributed by atoms with Gasteiger partial charge in [-0.25, -0.2) is 4.98 Å². The third-order valence-electron chi connectivity index (χ3n) is 4.32. The van der Waals surface area contributed by atoms with Gasteiger partial charge in [0.1, 0.15) is 12.0 Å². The molecule has 0 fully saturated rings. The number of nitrogens with one attached hydrogen (secondary N) is 1. The maximum Gasteiger partial charge on any atom is 0.305 e. The number of pyridine rings is 1. The summed E-state index contributed by atoms with van der Waals surface area (Å²) in [6.45, 7) is 3.22. The molecule has 0 bridgehead atoms. The monoisotopic (exact) mass is 385 g/mol. The second kappa shape index (κ2) is 11.7. The molecule has 0 saturated carbocycles. The first-order valence-corrected chi connectivity index (χ1v) is 9.60. The number of carbonyl (C=O) groups is 1. The number of carbonyl (C=O) groups excluding carboxylic acids is 1. The van der Waals surface area contributed by atoms with E-state index in [1.165, 1.54) is 23.4 Å². The predicted molar refractivity (Wildman–Crippen MR) is 108 cm³/mol. The summed E-state index contributed by atoms with van der Waals surface area (Å²) < 4.78 is 5.26. The van der Waals surface area contributed by atoms with E-state index in [4.69, 9.17) is 4.74 Å². The number of esters is 1. The molecule has 0 spiro atoms. The summed E-state index contributed by atoms with van der Waals surface area (Å²) in [4.78, 5) is 25.8. The maximum absolute atomic E-state index is 11.7. The Balaban J connectivity index is 1.46. The van der Waals surface area contributed by atoms with E-state index in [2.05, 4.69) is 41.5 Å². The highest BCUT2D eigenvalue weighted by Crippen LogP contribution is 2.12. The van der Waals surface area contributed by atoms with Gasteiger partial charge < -0.3 is 10.1 Å². The van der Waals surface area contributed by atoms with Gasteiger partial charge in [-0.2, -0.15) is 0 Å². The van der Waals surface area contributed by atoms with Gasteiger partial charge in [0.2, 0.25) is 0 Å². The van der Waals surface area contributed by atoms with Crippen LogP contribution >= 0.6 is 0 Å². The molecule has 1 N–H and O–H groups in total. The molecule has 2 aromatic rings. The highest BCUT2D eigenvalue weighted by atomic mass is 16.6. The minimum atomic E-state index is -0.472. The van der Waals surface area contributed by atoms with E-state index in [0.29, 0.717) is 18.8 Å². The fraction of sp³-hybridized carbons (Fsp3) is 0.429. The number of hydrogen-bond acceptors (Lipinski definition) is 6. The zero-order chi connectivity index (χ0) is 20.2. The Kier molecular flexibility index (Phi) is 8.91. The maximum atomic E-state index is 11.7. The molecule has 7 heteroatoms. The van der Waals surface area contributed by atoms with Crippen LogP contribution in [-0.2, 0) is 16.0 Å². The van der Waals surface area contributed by atoms with Gasteiger partial charge in [0, 0.05) is 19.0 Å². The van der Waals surface area contributed by atoms with E-state index in [-0.39, 0.29) is 11.7 Å². The Labute approximate surface area is 165 Å². The number of benzene rings is 1. The molecule has 1 aromatic carbocycles. The fourth-order valence-corrected chi connectivity index (χ4v) is 2.67. The normalized spacial score (nSPS) is 10.5. The highest BCUT2D eigenvalue weighted by molar-refractivity contribution is 5.69. The van der Waals surface area contributed by atoms with Gasteiger partial charge in [-0.1, -0.05) is 29.8 Å². The van der Waals surface area contributed by atoms with Crippen LogP contribution in [0.25, 0.3) is 0 Å². The Morgan fingerprint density at radius 1 is 1.11 bits per heavy atom. The van der Waals surface area contributed by atoms with Crippen molar-refractivity contribution in [2.75, 3.05) is 18.5 Å². The molecule has 0 radical (unpaired) electrons. The lowest BCUT2D eigenvalue weighted by atomic mass is 10.1. The van der Waals surface area contributed by atoms with Gasteiger partial charge in [0.15, 0.2) is 0 Å². The number of rotatable bonds is 12. The number of hydrogen-bond donors (Lipinski definition) is 1. The molecule has 0 aliphatic carbocycles. The Hall–Kier alpha value is -2.96. The lowest BCUT2D eigenvalue weighted by molar-refractivity contribution is -0.385. The number of anilines is 1. The van der Waals surface area contributed by atoms with Crippen LogP contribution in [0, 0.1) is 17.0 Å². The first-order chi connectivity index (χ1) is 13.5. The molecule has 0 atom stereocenters. The third kappa shape index (κ3) is 8.16. The molecule has 0 aliphatic rings. The Morgan fingerprint density at radius 3 is 2.57 bits per heavy atom. The van der Waals surface area contributed by atoms with E-state index >= 15 is 0 Å². The summed E-state index contributed by atoms with van der Waals surface area (Å²) in [7, 11) is 0. The van der Waals surface area contributed by atoms with E-state index in [0.717, 1.165) is 38.6 Å². The van der Waals surface area contributed by atoms with Crippen molar-refractivity contribution in [1.82, 2.24) is 4.98 Å². The van der Waals surface area contributed by atoms with Crippen LogP contribution in [0.3, 0.4) is 0 Å². The zero-order valence-corrected chi connectivity index (χ0v) is 16.2. The van der Waals surface area contributed by atoms with E-state index in [9.17, 15) is 14.9 Å². The minimum absolute atomic E-state index is 0.0220. The largest absolute Gasteiger partial charge is 0.466 e. The van der Waals surface area contributed by atoms with Crippen LogP contribution in [0.1, 0.15) is 43.2 Å². The SMILES string of the molecule is Cc1ccc(CCCC(=O)OCCCCCNc2ccc([N+](=O)[O-])cn2)cc1. The van der Waals surface area contributed by atoms with Crippen LogP contribution in [0.4, 0.5) is 11.5 Å². The first kappa shape index (κ1) is 21.3. The van der Waals surface area contributed by atoms with E-state index in [1.54, 1.807) is 6.07 Å². The molecule has 1 heterocycles. The molecule has 1 aromatic heterocycles. The van der Waals surface area contributed by atoms with Crippen molar-refractivity contribution >= 4 is 17.5 Å². The third-order valence-corrected chi connectivity index (χ3v) is 4.32. The van der Waals surface area contributed by atoms with Crippen molar-refractivity contribution < 1.29 is 14.5 Å². The molecule has 0 aliphatic heterocycles. The molecule has 0 saturated heterocycles. The zero-order valence-electron chi connectivity index (χ0n) is 16.2. The Bertz CT molecular complexity index is 745. The molecular formula is C21H27N3O4. The number of nitro groups is 1. The summed E-state index contributed by atoms with van der Waals surface area (Å²) in [5.74, 6) is 0.478. The lowest BCUT2D eigenvalue weighted by Gasteiger charge is -2.07. The predicted octanol–water partition coefficient (Wildman–Crippen LogP) is 4.45. The lowest BCUT2D eigenvalue weighted by Crippen LogP contribution is -2.07. The van der Waals surface area contributed by atoms with Gasteiger partial charge in [0.25, 0.3) is 5.69 Å². The van der Waals surface area contributed by atoms with Gasteiger partial charge >= 0.3 is 5.97 Å². The summed E-state index contributed by atoms with van der Waals surface area (Å²) in [6.07, 6.45) is 6.02. The molecule has 0 amide bonds. The quantitative estimate of drug-likeness (QED) is 0.251. The standard InChI is InChI=1S/C21H27N3O4/c1-17-8-10-18(11-9-17)6-5-7-21(25)28-15-4-2-3-14-22-20-13-12-19(16-23-20)24(26)27/h8-13,16H,2-7,14-15H2,1H3,(H,22,23). The minimum Gasteiger partial charge on any atom is -0.466 e. The molecule has 28 heavy (non-hydrogen) atoms. The Morgan fingerprint density at radius 2 is 1.89 bits per heavy atom. The van der Waals surface area contributed by atoms with Crippen LogP contribution in [0.5, 0.6) is 0 Å². The number of aromatic nitrogens is 1. The average Bonchev–Trinajstić information content (AvgIpc) is 2.69. The second-order valence-corrected chi connectivity index (χ2v) is 6.71. The molecule has 2 rings (SSSR count). The van der Waals surface area contributed by atoms with Gasteiger partial charge in [-0.15, -0.1) is 0 Å². The van der Waals surface area contributed by atoms with Gasteiger partial charge in [-0.3, -0.25) is 14.9 Å². The molecular weight excluding hydrogens is 358 g/mol. The van der Waals surface area contributed by atoms with Gasteiger partial charge in [-0.05, 0) is 50.7 Å². The smallest absolute Gasteiger partial charge is 0.305 e. The van der Waals surface area contributed by atoms with Crippen LogP contribution in [-0.4, -0.2) is 29.0 Å². The van der Waals surface area contributed by atoms with Crippen molar-refractivity contribution in [3.8, 4) is 0 Å². The van der Waals surface area contributed by atoms with E-state index < -0.39 is 4.92 Å². The number of ether oxygens (including phenoxy) is 1. The van der Waals surface area contributed by atoms with Crippen molar-refractivity contribution in [2.45, 2.75) is 45.4 Å². The topological polar surface area (TPSA) is 94.4 Å². The number of unbranched alkanes of at least 4 members (excludes halogenated alkanes) is 2. The summed E-state index contributed by atoms with van der Waals surface area (Å²) in [6, 6.07) is 11.4. The van der Waals surface area contributed by atoms with Crippen molar-refractivity contribution in [3.63, 3.8) is 0 Å². The van der Waals surface area contributed by atoms with Crippen molar-refractivity contribution in [1.29, 1.82) is 0 Å². The van der Waals surface area contributed by atoms with Crippen LogP contribution in [0.15, 0.2) is 42.6 Å². The molecule has 7 nitrogen and oxygen atoms in total. The molecule has 0 unspecified atom stereocenters. The van der Waals surface area contributed by atoms with Crippen molar-refractivity contribution in [3.05, 3.63) is 63.8 Å². The first-order valence-electron chi connectivity index (χ1n) is 9.60. The summed E-state index contributed by atoms with van der Waals surface area (Å²) in [5, 5.41) is 13.7. The average molecular weight is 385 g/mol. The summed E-state index contributed by atoms with van der Waals surface area (Å²) in [5.41, 5.74) is 2.46. The van der Waals surface area contributed by atoms with Gasteiger partial charge in [0.05, 0.1) is 11.5 Å². The molecule has 150 valence electrons. The number of aryl methyl sites for hydroxylation is 2. The second-order valence-electron chi connectivity index (χ2n) is 6.71. The van der Waals surface area contributed by atoms with Crippen LogP contribution in [0.2, 0.25) is 0 Å².